The number of rotatable bonds is 0. The Labute approximate surface area is 98.7 Å². The Hall–Kier alpha value is -1.55. The predicted octanol–water partition coefficient (Wildman–Crippen LogP) is 2.14. The van der Waals surface area contributed by atoms with Gasteiger partial charge in [0, 0.05) is 24.2 Å². The predicted molar refractivity (Wildman–Crippen MR) is 64.0 cm³/mol. The van der Waals surface area contributed by atoms with Crippen LogP contribution in [0.15, 0.2) is 46.7 Å². The third kappa shape index (κ3) is 1.38. The third-order valence-electron chi connectivity index (χ3n) is 2.74. The van der Waals surface area contributed by atoms with Crippen molar-refractivity contribution in [3.05, 3.63) is 36.9 Å². The van der Waals surface area contributed by atoms with Crippen LogP contribution in [0.5, 0.6) is 0 Å². The molecular formula is C12H12N3S+. The molecule has 16 heavy (non-hydrogen) atoms. The summed E-state index contributed by atoms with van der Waals surface area (Å²) in [4.78, 5) is 8.91. The molecule has 0 spiro atoms. The number of fused-ring (bicyclic) bond motifs is 2. The van der Waals surface area contributed by atoms with Crippen LogP contribution in [-0.4, -0.2) is 12.0 Å². The minimum Gasteiger partial charge on any atom is -0.341 e. The summed E-state index contributed by atoms with van der Waals surface area (Å²) in [6.07, 6.45) is 7.98. The average molecular weight is 230 g/mol. The van der Waals surface area contributed by atoms with Crippen LogP contribution in [0.2, 0.25) is 0 Å². The van der Waals surface area contributed by atoms with E-state index in [0.717, 1.165) is 0 Å². The molecule has 0 unspecified atom stereocenters. The molecule has 2 aromatic heterocycles. The SMILES string of the molecule is CN1c2cc[n+](C)cc2Sc2ccncc21. The lowest BCUT2D eigenvalue weighted by Gasteiger charge is -2.27. The molecule has 4 heteroatoms. The van der Waals surface area contributed by atoms with Crippen molar-refractivity contribution in [3.63, 3.8) is 0 Å². The zero-order chi connectivity index (χ0) is 11.1. The van der Waals surface area contributed by atoms with Gasteiger partial charge in [-0.3, -0.25) is 4.98 Å². The molecule has 0 aromatic carbocycles. The van der Waals surface area contributed by atoms with Crippen LogP contribution in [-0.2, 0) is 7.05 Å². The van der Waals surface area contributed by atoms with Gasteiger partial charge in [0.1, 0.15) is 7.05 Å². The zero-order valence-corrected chi connectivity index (χ0v) is 10.0. The fraction of sp³-hybridized carbons (Fsp3) is 0.167. The molecule has 1 aliphatic heterocycles. The molecule has 3 rings (SSSR count). The first kappa shape index (κ1) is 9.66. The maximum atomic E-state index is 4.18. The van der Waals surface area contributed by atoms with E-state index in [1.807, 2.05) is 19.4 Å². The number of nitrogens with zero attached hydrogens (tertiary/aromatic N) is 3. The second-order valence-corrected chi connectivity index (χ2v) is 4.95. The van der Waals surface area contributed by atoms with E-state index in [1.165, 1.54) is 21.2 Å². The number of hydrogen-bond acceptors (Lipinski definition) is 3. The summed E-state index contributed by atoms with van der Waals surface area (Å²) in [5.74, 6) is 0. The fourth-order valence-corrected chi connectivity index (χ4v) is 3.07. The van der Waals surface area contributed by atoms with E-state index >= 15 is 0 Å². The van der Waals surface area contributed by atoms with Crippen LogP contribution >= 0.6 is 11.8 Å². The summed E-state index contributed by atoms with van der Waals surface area (Å²) < 4.78 is 2.08. The molecule has 1 aliphatic rings. The summed E-state index contributed by atoms with van der Waals surface area (Å²) in [5.41, 5.74) is 2.41. The quantitative estimate of drug-likeness (QED) is 0.647. The molecule has 3 nitrogen and oxygen atoms in total. The highest BCUT2D eigenvalue weighted by molar-refractivity contribution is 7.99. The van der Waals surface area contributed by atoms with Gasteiger partial charge >= 0.3 is 0 Å². The Morgan fingerprint density at radius 1 is 1.25 bits per heavy atom. The van der Waals surface area contributed by atoms with E-state index in [9.17, 15) is 0 Å². The van der Waals surface area contributed by atoms with E-state index in [2.05, 4.69) is 46.0 Å². The summed E-state index contributed by atoms with van der Waals surface area (Å²) in [6, 6.07) is 4.20. The van der Waals surface area contributed by atoms with Crippen molar-refractivity contribution in [1.82, 2.24) is 4.98 Å². The molecule has 0 saturated heterocycles. The normalized spacial score (nSPS) is 13.2. The molecule has 0 bridgehead atoms. The second-order valence-electron chi connectivity index (χ2n) is 3.86. The van der Waals surface area contributed by atoms with Crippen LogP contribution in [0, 0.1) is 0 Å². The molecule has 0 N–H and O–H groups in total. The van der Waals surface area contributed by atoms with Crippen LogP contribution in [0.4, 0.5) is 11.4 Å². The number of aryl methyl sites for hydroxylation is 1. The third-order valence-corrected chi connectivity index (χ3v) is 3.84. The number of hydrogen-bond donors (Lipinski definition) is 0. The van der Waals surface area contributed by atoms with Gasteiger partial charge in [-0.1, -0.05) is 11.8 Å². The van der Waals surface area contributed by atoms with E-state index in [0.29, 0.717) is 0 Å². The largest absolute Gasteiger partial charge is 0.341 e. The van der Waals surface area contributed by atoms with Gasteiger partial charge in [-0.2, -0.15) is 0 Å². The Morgan fingerprint density at radius 2 is 2.12 bits per heavy atom. The van der Waals surface area contributed by atoms with E-state index in [-0.39, 0.29) is 0 Å². The minimum absolute atomic E-state index is 1.17. The van der Waals surface area contributed by atoms with Gasteiger partial charge in [0.05, 0.1) is 22.5 Å². The molecule has 0 amide bonds. The number of anilines is 2. The highest BCUT2D eigenvalue weighted by Crippen LogP contribution is 2.45. The first-order valence-corrected chi connectivity index (χ1v) is 5.92. The van der Waals surface area contributed by atoms with Crippen LogP contribution < -0.4 is 9.47 Å². The monoisotopic (exact) mass is 230 g/mol. The maximum absolute atomic E-state index is 4.18. The number of aromatic nitrogens is 2. The van der Waals surface area contributed by atoms with E-state index in [1.54, 1.807) is 11.8 Å². The minimum atomic E-state index is 1.17. The van der Waals surface area contributed by atoms with E-state index in [4.69, 9.17) is 0 Å². The van der Waals surface area contributed by atoms with Crippen molar-refractivity contribution in [2.24, 2.45) is 7.05 Å². The molecule has 3 heterocycles. The van der Waals surface area contributed by atoms with Gasteiger partial charge in [-0.05, 0) is 6.07 Å². The summed E-state index contributed by atoms with van der Waals surface area (Å²) in [7, 11) is 4.13. The van der Waals surface area contributed by atoms with Gasteiger partial charge in [-0.25, -0.2) is 4.57 Å². The van der Waals surface area contributed by atoms with Crippen molar-refractivity contribution < 1.29 is 4.57 Å². The fourth-order valence-electron chi connectivity index (χ4n) is 1.88. The second kappa shape index (κ2) is 3.49. The highest BCUT2D eigenvalue weighted by Gasteiger charge is 2.22. The van der Waals surface area contributed by atoms with Crippen molar-refractivity contribution in [1.29, 1.82) is 0 Å². The molecular weight excluding hydrogens is 218 g/mol. The molecule has 0 atom stereocenters. The Balaban J connectivity index is 2.18. The van der Waals surface area contributed by atoms with Gasteiger partial charge in [-0.15, -0.1) is 0 Å². The zero-order valence-electron chi connectivity index (χ0n) is 9.21. The lowest BCUT2D eigenvalue weighted by molar-refractivity contribution is -0.673. The average Bonchev–Trinajstić information content (AvgIpc) is 2.29. The standard InChI is InChI=1S/C12H12N3S/c1-14-6-4-9-12(8-14)16-11-3-5-13-7-10(11)15(9)2/h3-8H,1-2H3/q+1. The lowest BCUT2D eigenvalue weighted by atomic mass is 10.3. The molecule has 2 aromatic rings. The summed E-state index contributed by atoms with van der Waals surface area (Å²) >= 11 is 1.80. The van der Waals surface area contributed by atoms with Crippen molar-refractivity contribution in [2.75, 3.05) is 11.9 Å². The van der Waals surface area contributed by atoms with Crippen LogP contribution in [0.3, 0.4) is 0 Å². The van der Waals surface area contributed by atoms with Gasteiger partial charge in [0.2, 0.25) is 0 Å². The topological polar surface area (TPSA) is 20.0 Å². The van der Waals surface area contributed by atoms with Gasteiger partial charge in [0.15, 0.2) is 12.4 Å². The lowest BCUT2D eigenvalue weighted by Crippen LogP contribution is -2.28. The number of pyridine rings is 2. The molecule has 0 aliphatic carbocycles. The van der Waals surface area contributed by atoms with Crippen LogP contribution in [0.25, 0.3) is 0 Å². The van der Waals surface area contributed by atoms with Crippen LogP contribution in [0.1, 0.15) is 0 Å². The summed E-state index contributed by atoms with van der Waals surface area (Å²) in [6.45, 7) is 0. The molecule has 0 radical (unpaired) electrons. The van der Waals surface area contributed by atoms with Crippen molar-refractivity contribution in [2.45, 2.75) is 9.79 Å². The molecule has 80 valence electrons. The highest BCUT2D eigenvalue weighted by atomic mass is 32.2. The first-order valence-electron chi connectivity index (χ1n) is 5.10. The van der Waals surface area contributed by atoms with E-state index < -0.39 is 0 Å². The first-order chi connectivity index (χ1) is 7.75. The Bertz CT molecular complexity index is 554. The summed E-state index contributed by atoms with van der Waals surface area (Å²) in [5, 5.41) is 0. The molecule has 0 saturated carbocycles. The Kier molecular flexibility index (Phi) is 2.11. The van der Waals surface area contributed by atoms with Gasteiger partial charge < -0.3 is 4.90 Å². The Morgan fingerprint density at radius 3 is 3.00 bits per heavy atom. The van der Waals surface area contributed by atoms with Gasteiger partial charge in [0.25, 0.3) is 0 Å². The van der Waals surface area contributed by atoms with Crippen molar-refractivity contribution in [3.8, 4) is 0 Å². The molecule has 0 fully saturated rings. The smallest absolute Gasteiger partial charge is 0.184 e. The maximum Gasteiger partial charge on any atom is 0.184 e. The van der Waals surface area contributed by atoms with Crippen molar-refractivity contribution >= 4 is 23.1 Å².